The quantitative estimate of drug-likeness (QED) is 0.571. The van der Waals surface area contributed by atoms with E-state index in [4.69, 9.17) is 11.6 Å². The topological polar surface area (TPSA) is 83.5 Å². The lowest BCUT2D eigenvalue weighted by molar-refractivity contribution is 0.490. The van der Waals surface area contributed by atoms with Gasteiger partial charge in [0.1, 0.15) is 12.1 Å². The molecule has 28 heavy (non-hydrogen) atoms. The molecular formula is C20H18ClN7. The standard InChI is InChI=1S/C20H18ClN7/c21-15-8-6-13(7-9-15)16-4-1-5-17-18(16)20(23-12-22-17)28-10-2-3-14(11-28)19-24-26-27-25-19/h1,4-9,12,14H,2-3,10-11H2,(H,24,25,26,27)/t14-/m0/s1. The van der Waals surface area contributed by atoms with Gasteiger partial charge in [-0.2, -0.15) is 0 Å². The first-order valence-corrected chi connectivity index (χ1v) is 9.65. The Morgan fingerprint density at radius 3 is 2.79 bits per heavy atom. The first kappa shape index (κ1) is 17.1. The maximum absolute atomic E-state index is 6.08. The highest BCUT2D eigenvalue weighted by Gasteiger charge is 2.26. The van der Waals surface area contributed by atoms with Crippen LogP contribution in [0.2, 0.25) is 5.02 Å². The molecule has 1 aliphatic heterocycles. The van der Waals surface area contributed by atoms with E-state index in [9.17, 15) is 0 Å². The van der Waals surface area contributed by atoms with Crippen LogP contribution in [0, 0.1) is 0 Å². The van der Waals surface area contributed by atoms with Gasteiger partial charge in [0.15, 0.2) is 5.82 Å². The summed E-state index contributed by atoms with van der Waals surface area (Å²) in [6, 6.07) is 14.1. The van der Waals surface area contributed by atoms with E-state index in [0.29, 0.717) is 0 Å². The highest BCUT2D eigenvalue weighted by atomic mass is 35.5. The van der Waals surface area contributed by atoms with Crippen molar-refractivity contribution in [1.29, 1.82) is 0 Å². The van der Waals surface area contributed by atoms with Gasteiger partial charge in [0.2, 0.25) is 0 Å². The molecule has 1 fully saturated rings. The average molecular weight is 392 g/mol. The number of fused-ring (bicyclic) bond motifs is 1. The first-order valence-electron chi connectivity index (χ1n) is 9.28. The second kappa shape index (κ2) is 7.16. The molecule has 8 heteroatoms. The van der Waals surface area contributed by atoms with Crippen molar-refractivity contribution in [3.05, 3.63) is 59.6 Å². The molecule has 0 spiro atoms. The number of hydrogen-bond donors (Lipinski definition) is 1. The number of benzene rings is 2. The summed E-state index contributed by atoms with van der Waals surface area (Å²) in [5.74, 6) is 2.05. The average Bonchev–Trinajstić information content (AvgIpc) is 3.29. The van der Waals surface area contributed by atoms with Gasteiger partial charge >= 0.3 is 0 Å². The predicted octanol–water partition coefficient (Wildman–Crippen LogP) is 3.85. The molecule has 0 bridgehead atoms. The fraction of sp³-hybridized carbons (Fsp3) is 0.250. The van der Waals surface area contributed by atoms with Crippen molar-refractivity contribution in [3.63, 3.8) is 0 Å². The maximum atomic E-state index is 6.08. The van der Waals surface area contributed by atoms with Crippen molar-refractivity contribution in [2.24, 2.45) is 0 Å². The van der Waals surface area contributed by atoms with E-state index < -0.39 is 0 Å². The fourth-order valence-corrected chi connectivity index (χ4v) is 4.06. The van der Waals surface area contributed by atoms with E-state index in [0.717, 1.165) is 64.6 Å². The van der Waals surface area contributed by atoms with Gasteiger partial charge in [-0.3, -0.25) is 0 Å². The summed E-state index contributed by atoms with van der Waals surface area (Å²) in [6.07, 6.45) is 3.75. The Balaban J connectivity index is 1.60. The SMILES string of the molecule is Clc1ccc(-c2cccc3ncnc(N4CCC[C@H](c5nnn[nH]5)C4)c23)cc1. The third-order valence-corrected chi connectivity index (χ3v) is 5.52. The van der Waals surface area contributed by atoms with Crippen LogP contribution < -0.4 is 4.90 Å². The van der Waals surface area contributed by atoms with Gasteiger partial charge in [0.25, 0.3) is 0 Å². The largest absolute Gasteiger partial charge is 0.355 e. The van der Waals surface area contributed by atoms with Crippen LogP contribution in [-0.2, 0) is 0 Å². The van der Waals surface area contributed by atoms with E-state index in [1.807, 2.05) is 36.4 Å². The number of piperidine rings is 1. The highest BCUT2D eigenvalue weighted by molar-refractivity contribution is 6.30. The molecule has 1 N–H and O–H groups in total. The van der Waals surface area contributed by atoms with Crippen LogP contribution in [0.5, 0.6) is 0 Å². The zero-order valence-electron chi connectivity index (χ0n) is 15.1. The number of tetrazole rings is 1. The molecule has 2 aromatic heterocycles. The lowest BCUT2D eigenvalue weighted by atomic mass is 9.96. The summed E-state index contributed by atoms with van der Waals surface area (Å²) in [7, 11) is 0. The third-order valence-electron chi connectivity index (χ3n) is 5.27. The zero-order valence-corrected chi connectivity index (χ0v) is 15.8. The van der Waals surface area contributed by atoms with Crippen LogP contribution in [0.3, 0.4) is 0 Å². The minimum atomic E-state index is 0.261. The third kappa shape index (κ3) is 3.07. The molecule has 3 heterocycles. The van der Waals surface area contributed by atoms with Gasteiger partial charge in [-0.15, -0.1) is 5.10 Å². The number of aromatic amines is 1. The summed E-state index contributed by atoms with van der Waals surface area (Å²) in [6.45, 7) is 1.76. The van der Waals surface area contributed by atoms with Gasteiger partial charge < -0.3 is 4.90 Å². The predicted molar refractivity (Wildman–Crippen MR) is 108 cm³/mol. The molecule has 7 nitrogen and oxygen atoms in total. The Hall–Kier alpha value is -3.06. The Morgan fingerprint density at radius 2 is 1.96 bits per heavy atom. The van der Waals surface area contributed by atoms with E-state index in [1.54, 1.807) is 6.33 Å². The van der Waals surface area contributed by atoms with Gasteiger partial charge in [0.05, 0.1) is 10.9 Å². The zero-order chi connectivity index (χ0) is 18.9. The molecule has 140 valence electrons. The molecule has 1 aliphatic rings. The summed E-state index contributed by atoms with van der Waals surface area (Å²) < 4.78 is 0. The van der Waals surface area contributed by atoms with E-state index in [1.165, 1.54) is 0 Å². The molecular weight excluding hydrogens is 374 g/mol. The summed E-state index contributed by atoms with van der Waals surface area (Å²) in [4.78, 5) is 11.5. The Bertz CT molecular complexity index is 1090. The number of halogens is 1. The van der Waals surface area contributed by atoms with Crippen molar-refractivity contribution in [3.8, 4) is 11.1 Å². The molecule has 0 unspecified atom stereocenters. The normalized spacial score (nSPS) is 17.2. The Kier molecular flexibility index (Phi) is 4.37. The summed E-state index contributed by atoms with van der Waals surface area (Å²) >= 11 is 6.08. The van der Waals surface area contributed by atoms with E-state index in [-0.39, 0.29) is 5.92 Å². The minimum absolute atomic E-state index is 0.261. The van der Waals surface area contributed by atoms with E-state index in [2.05, 4.69) is 41.6 Å². The first-order chi connectivity index (χ1) is 13.8. The molecule has 1 atom stereocenters. The van der Waals surface area contributed by atoms with Crippen molar-refractivity contribution >= 4 is 28.3 Å². The number of aromatic nitrogens is 6. The monoisotopic (exact) mass is 391 g/mol. The van der Waals surface area contributed by atoms with Crippen LogP contribution in [0.4, 0.5) is 5.82 Å². The summed E-state index contributed by atoms with van der Waals surface area (Å²) in [5, 5.41) is 16.3. The highest BCUT2D eigenvalue weighted by Crippen LogP contribution is 2.36. The minimum Gasteiger partial charge on any atom is -0.355 e. The van der Waals surface area contributed by atoms with Gasteiger partial charge in [-0.1, -0.05) is 35.9 Å². The molecule has 2 aromatic carbocycles. The number of H-pyrrole nitrogens is 1. The number of nitrogens with one attached hydrogen (secondary N) is 1. The number of hydrogen-bond acceptors (Lipinski definition) is 6. The van der Waals surface area contributed by atoms with Crippen LogP contribution in [0.1, 0.15) is 24.6 Å². The van der Waals surface area contributed by atoms with Crippen molar-refractivity contribution in [2.45, 2.75) is 18.8 Å². The van der Waals surface area contributed by atoms with Crippen LogP contribution in [0.15, 0.2) is 48.8 Å². The number of nitrogens with zero attached hydrogens (tertiary/aromatic N) is 6. The Morgan fingerprint density at radius 1 is 1.07 bits per heavy atom. The molecule has 5 rings (SSSR count). The maximum Gasteiger partial charge on any atom is 0.153 e. The second-order valence-corrected chi connectivity index (χ2v) is 7.41. The second-order valence-electron chi connectivity index (χ2n) is 6.98. The van der Waals surface area contributed by atoms with Crippen LogP contribution in [-0.4, -0.2) is 43.7 Å². The molecule has 1 saturated heterocycles. The molecule has 0 saturated carbocycles. The Labute approximate surface area is 166 Å². The smallest absolute Gasteiger partial charge is 0.153 e. The van der Waals surface area contributed by atoms with Crippen molar-refractivity contribution in [1.82, 2.24) is 30.6 Å². The summed E-state index contributed by atoms with van der Waals surface area (Å²) in [5.41, 5.74) is 3.13. The molecule has 0 radical (unpaired) electrons. The van der Waals surface area contributed by atoms with Gasteiger partial charge in [0, 0.05) is 24.0 Å². The van der Waals surface area contributed by atoms with Crippen LogP contribution >= 0.6 is 11.6 Å². The number of rotatable bonds is 3. The van der Waals surface area contributed by atoms with Crippen LogP contribution in [0.25, 0.3) is 22.0 Å². The van der Waals surface area contributed by atoms with E-state index >= 15 is 0 Å². The van der Waals surface area contributed by atoms with Gasteiger partial charge in [-0.05, 0) is 52.6 Å². The molecule has 0 aliphatic carbocycles. The van der Waals surface area contributed by atoms with Gasteiger partial charge in [-0.25, -0.2) is 15.1 Å². The lowest BCUT2D eigenvalue weighted by Crippen LogP contribution is -2.35. The number of anilines is 1. The lowest BCUT2D eigenvalue weighted by Gasteiger charge is -2.33. The van der Waals surface area contributed by atoms with Crippen molar-refractivity contribution in [2.75, 3.05) is 18.0 Å². The molecule has 4 aromatic rings. The molecule has 0 amide bonds. The fourth-order valence-electron chi connectivity index (χ4n) is 3.93. The van der Waals surface area contributed by atoms with Crippen molar-refractivity contribution < 1.29 is 0 Å².